The van der Waals surface area contributed by atoms with E-state index in [9.17, 15) is 14.5 Å². The fraction of sp³-hybridized carbons (Fsp3) is 0.538. The van der Waals surface area contributed by atoms with Gasteiger partial charge < -0.3 is 19.5 Å². The normalized spacial score (nSPS) is 13.4. The van der Waals surface area contributed by atoms with Gasteiger partial charge in [0.2, 0.25) is 0 Å². The lowest BCUT2D eigenvalue weighted by atomic mass is 10.2. The molecule has 9 heteroatoms. The highest BCUT2D eigenvalue weighted by molar-refractivity contribution is 7.57. The van der Waals surface area contributed by atoms with Gasteiger partial charge in [-0.3, -0.25) is 9.55 Å². The minimum atomic E-state index is -3.29. The van der Waals surface area contributed by atoms with E-state index in [0.29, 0.717) is 18.8 Å². The quantitative estimate of drug-likeness (QED) is 0.559. The number of nitrogens with zero attached hydrogens (tertiary/aromatic N) is 1. The Labute approximate surface area is 129 Å². The molecule has 0 bridgehead atoms. The Bertz CT molecular complexity index is 565. The molecule has 3 N–H and O–H groups in total. The van der Waals surface area contributed by atoms with Gasteiger partial charge in [0.05, 0.1) is 19.3 Å². The molecule has 0 aliphatic carbocycles. The van der Waals surface area contributed by atoms with Crippen molar-refractivity contribution in [2.75, 3.05) is 25.1 Å². The molecular weight excluding hydrogens is 309 g/mol. The summed E-state index contributed by atoms with van der Waals surface area (Å²) in [7, 11) is -3.29. The van der Waals surface area contributed by atoms with Gasteiger partial charge in [-0.2, -0.15) is 0 Å². The second kappa shape index (κ2) is 9.53. The number of aromatic nitrogens is 2. The first kappa shape index (κ1) is 18.6. The molecule has 0 radical (unpaired) electrons. The lowest BCUT2D eigenvalue weighted by Gasteiger charge is -2.13. The Morgan fingerprint density at radius 1 is 1.45 bits per heavy atom. The largest absolute Gasteiger partial charge is 0.389 e. The van der Waals surface area contributed by atoms with E-state index < -0.39 is 19.4 Å². The topological polar surface area (TPSA) is 114 Å². The molecule has 8 nitrogen and oxygen atoms in total. The Hall–Kier alpha value is -1.47. The third kappa shape index (κ3) is 7.00. The summed E-state index contributed by atoms with van der Waals surface area (Å²) in [5.74, 6) is 1.80. The maximum atomic E-state index is 12.1. The summed E-state index contributed by atoms with van der Waals surface area (Å²) in [4.78, 5) is 17.0. The van der Waals surface area contributed by atoms with Crippen molar-refractivity contribution in [1.82, 2.24) is 9.97 Å². The first-order chi connectivity index (χ1) is 10.5. The minimum Gasteiger partial charge on any atom is -0.389 e. The van der Waals surface area contributed by atoms with Crippen LogP contribution in [0.2, 0.25) is 0 Å². The molecule has 0 fully saturated rings. The summed E-state index contributed by atoms with van der Waals surface area (Å²) < 4.78 is 22.3. The van der Waals surface area contributed by atoms with Gasteiger partial charge in [0.15, 0.2) is 0 Å². The summed E-state index contributed by atoms with van der Waals surface area (Å²) in [6.45, 7) is 4.37. The predicted octanol–water partition coefficient (Wildman–Crippen LogP) is 1.71. The van der Waals surface area contributed by atoms with E-state index >= 15 is 0 Å². The van der Waals surface area contributed by atoms with Gasteiger partial charge in [-0.15, -0.1) is 0 Å². The molecule has 22 heavy (non-hydrogen) atoms. The van der Waals surface area contributed by atoms with Gasteiger partial charge >= 0.3 is 13.3 Å². The molecule has 1 rings (SSSR count). The van der Waals surface area contributed by atoms with Crippen molar-refractivity contribution in [1.29, 1.82) is 0 Å². The van der Waals surface area contributed by atoms with E-state index in [1.807, 2.05) is 0 Å². The van der Waals surface area contributed by atoms with Gasteiger partial charge in [0.25, 0.3) is 0 Å². The number of hydrogen-bond donors (Lipinski definition) is 3. The molecule has 0 amide bonds. The highest BCUT2D eigenvalue weighted by Crippen LogP contribution is 2.49. The van der Waals surface area contributed by atoms with Crippen molar-refractivity contribution >= 4 is 13.4 Å². The number of hydrogen-bond acceptors (Lipinski definition) is 7. The Morgan fingerprint density at radius 2 is 2.14 bits per heavy atom. The second-order valence-electron chi connectivity index (χ2n) is 4.29. The van der Waals surface area contributed by atoms with Crippen LogP contribution in [0.3, 0.4) is 0 Å². The van der Waals surface area contributed by atoms with E-state index in [0.717, 1.165) is 0 Å². The molecular formula is C13H22N3O5P. The third-order valence-electron chi connectivity index (χ3n) is 2.54. The predicted molar refractivity (Wildman–Crippen MR) is 84.0 cm³/mol. The van der Waals surface area contributed by atoms with Crippen LogP contribution in [-0.4, -0.2) is 40.9 Å². The monoisotopic (exact) mass is 331 g/mol. The van der Waals surface area contributed by atoms with Gasteiger partial charge in [0, 0.05) is 18.6 Å². The van der Waals surface area contributed by atoms with Crippen molar-refractivity contribution in [3.8, 4) is 0 Å². The van der Waals surface area contributed by atoms with Gasteiger partial charge in [0.1, 0.15) is 5.82 Å². The van der Waals surface area contributed by atoms with E-state index in [-0.39, 0.29) is 13.2 Å². The third-order valence-corrected chi connectivity index (χ3v) is 4.31. The van der Waals surface area contributed by atoms with Crippen LogP contribution in [0, 0.1) is 0 Å². The zero-order valence-electron chi connectivity index (χ0n) is 12.7. The molecule has 1 aromatic rings. The summed E-state index contributed by atoms with van der Waals surface area (Å²) in [6.07, 6.45) is 2.33. The highest BCUT2D eigenvalue weighted by atomic mass is 31.2. The van der Waals surface area contributed by atoms with Gasteiger partial charge in [-0.25, -0.2) is 9.78 Å². The van der Waals surface area contributed by atoms with Crippen LogP contribution in [-0.2, 0) is 13.6 Å². The smallest absolute Gasteiger partial charge is 0.353 e. The lowest BCUT2D eigenvalue weighted by molar-refractivity contribution is 0.213. The number of rotatable bonds is 10. The summed E-state index contributed by atoms with van der Waals surface area (Å²) in [5, 5.41) is 12.8. The number of aliphatic hydroxyl groups is 1. The average molecular weight is 331 g/mol. The Balaban J connectivity index is 2.44. The molecule has 124 valence electrons. The van der Waals surface area contributed by atoms with Crippen molar-refractivity contribution < 1.29 is 18.7 Å². The fourth-order valence-electron chi connectivity index (χ4n) is 1.61. The molecule has 0 spiro atoms. The van der Waals surface area contributed by atoms with Crippen molar-refractivity contribution in [2.24, 2.45) is 0 Å². The molecule has 0 saturated heterocycles. The summed E-state index contributed by atoms with van der Waals surface area (Å²) in [5.41, 5.74) is -0.445. The average Bonchev–Trinajstić information content (AvgIpc) is 2.46. The standard InChI is InChI=1S/C13H22N3O5P/c1-3-20-22(19,21-4-2)10-7-11(17)5-8-14-12-6-9-15-13(18)16-12/h6-7,9-11,17H,3-5,8H2,1-2H3,(H2,14,15,16,18)/t11-/m1/s1. The SMILES string of the molecule is CCOP(=O)(C=C[C@H](O)CCNc1ccnc(=O)[nH]1)OCC. The lowest BCUT2D eigenvalue weighted by Crippen LogP contribution is -2.15. The van der Waals surface area contributed by atoms with Crippen molar-refractivity contribution in [3.63, 3.8) is 0 Å². The first-order valence-corrected chi connectivity index (χ1v) is 8.65. The molecule has 0 aromatic carbocycles. The van der Waals surface area contributed by atoms with Crippen molar-refractivity contribution in [2.45, 2.75) is 26.4 Å². The number of nitrogens with one attached hydrogen (secondary N) is 2. The molecule has 1 heterocycles. The highest BCUT2D eigenvalue weighted by Gasteiger charge is 2.19. The number of aromatic amines is 1. The Morgan fingerprint density at radius 3 is 2.73 bits per heavy atom. The van der Waals surface area contributed by atoms with Crippen LogP contribution in [0.4, 0.5) is 5.82 Å². The molecule has 1 atom stereocenters. The van der Waals surface area contributed by atoms with Crippen LogP contribution in [0.25, 0.3) is 0 Å². The van der Waals surface area contributed by atoms with E-state index in [1.54, 1.807) is 19.9 Å². The number of anilines is 1. The van der Waals surface area contributed by atoms with Crippen LogP contribution in [0.15, 0.2) is 29.0 Å². The van der Waals surface area contributed by atoms with E-state index in [2.05, 4.69) is 15.3 Å². The van der Waals surface area contributed by atoms with Crippen LogP contribution >= 0.6 is 7.60 Å². The maximum Gasteiger partial charge on any atom is 0.353 e. The van der Waals surface area contributed by atoms with Crippen LogP contribution in [0.5, 0.6) is 0 Å². The van der Waals surface area contributed by atoms with Gasteiger partial charge in [-0.1, -0.05) is 0 Å². The molecule has 1 aromatic heterocycles. The molecule has 0 aliphatic rings. The number of H-pyrrole nitrogens is 1. The van der Waals surface area contributed by atoms with E-state index in [1.165, 1.54) is 18.1 Å². The van der Waals surface area contributed by atoms with Crippen molar-refractivity contribution in [3.05, 3.63) is 34.6 Å². The number of aliphatic hydroxyl groups excluding tert-OH is 1. The molecule has 0 aliphatic heterocycles. The van der Waals surface area contributed by atoms with Crippen LogP contribution < -0.4 is 11.0 Å². The first-order valence-electron chi connectivity index (χ1n) is 7.04. The van der Waals surface area contributed by atoms with Gasteiger partial charge in [-0.05, 0) is 32.4 Å². The maximum absolute atomic E-state index is 12.1. The zero-order chi connectivity index (χ0) is 16.4. The van der Waals surface area contributed by atoms with Crippen LogP contribution in [0.1, 0.15) is 20.3 Å². The molecule has 0 unspecified atom stereocenters. The second-order valence-corrected chi connectivity index (χ2v) is 6.18. The zero-order valence-corrected chi connectivity index (χ0v) is 13.6. The summed E-state index contributed by atoms with van der Waals surface area (Å²) >= 11 is 0. The Kier molecular flexibility index (Phi) is 8.05. The van der Waals surface area contributed by atoms with E-state index in [4.69, 9.17) is 9.05 Å². The minimum absolute atomic E-state index is 0.259. The fourth-order valence-corrected chi connectivity index (χ4v) is 2.99. The summed E-state index contributed by atoms with van der Waals surface area (Å²) in [6, 6.07) is 1.61. The molecule has 0 saturated carbocycles.